The average molecular weight is 565 g/mol. The molecule has 1 fully saturated rings. The molecule has 1 aliphatic rings. The fourth-order valence-electron chi connectivity index (χ4n) is 3.72. The Kier molecular flexibility index (Phi) is 11.8. The smallest absolute Gasteiger partial charge is 0.191 e. The fourth-order valence-corrected chi connectivity index (χ4v) is 4.64. The minimum absolute atomic E-state index is 0. The number of likely N-dealkylation sites (tertiary alicyclic amines) is 1. The summed E-state index contributed by atoms with van der Waals surface area (Å²) in [6.45, 7) is 12.0. The number of rotatable bonds is 9. The number of piperidine rings is 1. The molecule has 1 aliphatic heterocycles. The van der Waals surface area contributed by atoms with E-state index in [-0.39, 0.29) is 35.1 Å². The van der Waals surface area contributed by atoms with Crippen LogP contribution in [0.25, 0.3) is 0 Å². The van der Waals surface area contributed by atoms with Crippen molar-refractivity contribution in [3.8, 4) is 0 Å². The van der Waals surface area contributed by atoms with E-state index in [1.54, 1.807) is 0 Å². The molecule has 0 radical (unpaired) electrons. The van der Waals surface area contributed by atoms with Gasteiger partial charge in [0.05, 0.1) is 5.75 Å². The van der Waals surface area contributed by atoms with Gasteiger partial charge in [-0.3, -0.25) is 9.89 Å². The second-order valence-electron chi connectivity index (χ2n) is 9.28. The lowest BCUT2D eigenvalue weighted by molar-refractivity contribution is 0.158. The number of nitrogens with one attached hydrogen (secondary N) is 2. The van der Waals surface area contributed by atoms with Crippen molar-refractivity contribution in [2.45, 2.75) is 59.0 Å². The third-order valence-electron chi connectivity index (χ3n) is 5.86. The molecule has 2 N–H and O–H groups in total. The minimum Gasteiger partial charge on any atom is -0.357 e. The van der Waals surface area contributed by atoms with E-state index in [1.807, 2.05) is 0 Å². The number of sulfone groups is 1. The number of halogens is 1. The van der Waals surface area contributed by atoms with E-state index >= 15 is 0 Å². The number of nitrogens with zero attached hydrogens (tertiary/aromatic N) is 2. The number of aliphatic imine (C=N–C) groups is 1. The van der Waals surface area contributed by atoms with E-state index in [2.05, 4.69) is 73.6 Å². The molecule has 0 saturated carbocycles. The van der Waals surface area contributed by atoms with Gasteiger partial charge in [0.2, 0.25) is 0 Å². The zero-order valence-electron chi connectivity index (χ0n) is 19.7. The Morgan fingerprint density at radius 3 is 2.39 bits per heavy atom. The number of guanidine groups is 1. The van der Waals surface area contributed by atoms with Crippen LogP contribution < -0.4 is 10.6 Å². The number of hydrogen-bond donors (Lipinski definition) is 2. The van der Waals surface area contributed by atoms with Gasteiger partial charge in [-0.1, -0.05) is 44.2 Å². The van der Waals surface area contributed by atoms with Crippen LogP contribution in [0.15, 0.2) is 35.3 Å². The van der Waals surface area contributed by atoms with Gasteiger partial charge in [-0.15, -0.1) is 24.0 Å². The predicted octanol–water partition coefficient (Wildman–Crippen LogP) is 3.85. The van der Waals surface area contributed by atoms with Crippen molar-refractivity contribution >= 4 is 39.8 Å². The maximum Gasteiger partial charge on any atom is 0.191 e. The Morgan fingerprint density at radius 2 is 1.84 bits per heavy atom. The third kappa shape index (κ3) is 10.5. The number of hydrogen-bond acceptors (Lipinski definition) is 4. The first-order valence-electron chi connectivity index (χ1n) is 11.1. The normalized spacial score (nSPS) is 17.6. The summed E-state index contributed by atoms with van der Waals surface area (Å²) < 4.78 is 23.0. The molecular weight excluding hydrogens is 523 g/mol. The predicted molar refractivity (Wildman–Crippen MR) is 142 cm³/mol. The first kappa shape index (κ1) is 28.2. The molecule has 1 aromatic carbocycles. The Labute approximate surface area is 206 Å². The summed E-state index contributed by atoms with van der Waals surface area (Å²) in [4.78, 5) is 7.32. The lowest BCUT2D eigenvalue weighted by Gasteiger charge is -2.37. The second-order valence-corrected chi connectivity index (χ2v) is 11.5. The van der Waals surface area contributed by atoms with E-state index in [0.717, 1.165) is 38.4 Å². The fraction of sp³-hybridized carbons (Fsp3) is 0.696. The SMILES string of the molecule is CCNC(=NCC(C)(C)CCS(C)(=O)=O)NC1CCN(C(C)c2ccccc2)CC1.I. The molecule has 2 rings (SSSR count). The molecule has 1 aromatic rings. The van der Waals surface area contributed by atoms with Gasteiger partial charge in [-0.05, 0) is 44.1 Å². The molecule has 0 spiro atoms. The highest BCUT2D eigenvalue weighted by molar-refractivity contribution is 14.0. The van der Waals surface area contributed by atoms with Gasteiger partial charge < -0.3 is 10.6 Å². The lowest BCUT2D eigenvalue weighted by Crippen LogP contribution is -2.49. The van der Waals surface area contributed by atoms with Crippen LogP contribution in [-0.4, -0.2) is 63.5 Å². The van der Waals surface area contributed by atoms with Crippen molar-refractivity contribution in [3.63, 3.8) is 0 Å². The highest BCUT2D eigenvalue weighted by Gasteiger charge is 2.25. The maximum atomic E-state index is 11.5. The summed E-state index contributed by atoms with van der Waals surface area (Å²) in [7, 11) is -2.95. The van der Waals surface area contributed by atoms with Gasteiger partial charge in [0.25, 0.3) is 0 Å². The quantitative estimate of drug-likeness (QED) is 0.271. The molecular formula is C23H41IN4O2S. The van der Waals surface area contributed by atoms with E-state index in [4.69, 9.17) is 4.99 Å². The Balaban J connectivity index is 0.00000480. The molecule has 8 heteroatoms. The molecule has 0 amide bonds. The van der Waals surface area contributed by atoms with Crippen LogP contribution in [-0.2, 0) is 9.84 Å². The Hall–Kier alpha value is -0.870. The van der Waals surface area contributed by atoms with Gasteiger partial charge in [0.1, 0.15) is 9.84 Å². The molecule has 1 saturated heterocycles. The minimum atomic E-state index is -2.95. The van der Waals surface area contributed by atoms with E-state index in [9.17, 15) is 8.42 Å². The van der Waals surface area contributed by atoms with Crippen LogP contribution in [0.2, 0.25) is 0 Å². The molecule has 1 heterocycles. The summed E-state index contributed by atoms with van der Waals surface area (Å²) in [6.07, 6.45) is 4.08. The largest absolute Gasteiger partial charge is 0.357 e. The molecule has 1 unspecified atom stereocenters. The van der Waals surface area contributed by atoms with Crippen LogP contribution >= 0.6 is 24.0 Å². The summed E-state index contributed by atoms with van der Waals surface area (Å²) in [5, 5.41) is 6.94. The van der Waals surface area contributed by atoms with Crippen molar-refractivity contribution < 1.29 is 8.42 Å². The summed E-state index contributed by atoms with van der Waals surface area (Å²) >= 11 is 0. The van der Waals surface area contributed by atoms with Gasteiger partial charge in [-0.2, -0.15) is 0 Å². The standard InChI is InChI=1S/C23H40N4O2S.HI/c1-6-24-22(25-18-23(3,4)14-17-30(5,28)29)26-21-12-15-27(16-13-21)19(2)20-10-8-7-9-11-20;/h7-11,19,21H,6,12-18H2,1-5H3,(H2,24,25,26);1H. The van der Waals surface area contributed by atoms with Crippen molar-refractivity contribution in [2.75, 3.05) is 38.2 Å². The Bertz CT molecular complexity index is 776. The van der Waals surface area contributed by atoms with Crippen LogP contribution in [0, 0.1) is 5.41 Å². The highest BCUT2D eigenvalue weighted by atomic mass is 127. The molecule has 1 atom stereocenters. The van der Waals surface area contributed by atoms with Gasteiger partial charge in [0, 0.05) is 44.5 Å². The van der Waals surface area contributed by atoms with Crippen LogP contribution in [0.3, 0.4) is 0 Å². The first-order chi connectivity index (χ1) is 14.1. The molecule has 0 aliphatic carbocycles. The van der Waals surface area contributed by atoms with E-state index < -0.39 is 9.84 Å². The van der Waals surface area contributed by atoms with Crippen LogP contribution in [0.1, 0.15) is 58.6 Å². The van der Waals surface area contributed by atoms with Crippen molar-refractivity contribution in [3.05, 3.63) is 35.9 Å². The molecule has 31 heavy (non-hydrogen) atoms. The molecule has 0 aromatic heterocycles. The highest BCUT2D eigenvalue weighted by Crippen LogP contribution is 2.24. The zero-order chi connectivity index (χ0) is 22.2. The van der Waals surface area contributed by atoms with Crippen molar-refractivity contribution in [1.82, 2.24) is 15.5 Å². The Morgan fingerprint density at radius 1 is 1.23 bits per heavy atom. The molecule has 6 nitrogen and oxygen atoms in total. The number of benzene rings is 1. The van der Waals surface area contributed by atoms with Gasteiger partial charge in [0.15, 0.2) is 5.96 Å². The first-order valence-corrected chi connectivity index (χ1v) is 13.2. The molecule has 0 bridgehead atoms. The molecule has 178 valence electrons. The third-order valence-corrected chi connectivity index (χ3v) is 6.80. The summed E-state index contributed by atoms with van der Waals surface area (Å²) in [5.41, 5.74) is 1.22. The van der Waals surface area contributed by atoms with Gasteiger partial charge >= 0.3 is 0 Å². The average Bonchev–Trinajstić information content (AvgIpc) is 2.71. The van der Waals surface area contributed by atoms with Gasteiger partial charge in [-0.25, -0.2) is 8.42 Å². The summed E-state index contributed by atoms with van der Waals surface area (Å²) in [6, 6.07) is 11.5. The lowest BCUT2D eigenvalue weighted by atomic mass is 9.90. The van der Waals surface area contributed by atoms with Crippen molar-refractivity contribution in [1.29, 1.82) is 0 Å². The second kappa shape index (κ2) is 13.0. The van der Waals surface area contributed by atoms with Crippen LogP contribution in [0.4, 0.5) is 0 Å². The van der Waals surface area contributed by atoms with E-state index in [1.165, 1.54) is 11.8 Å². The monoisotopic (exact) mass is 564 g/mol. The zero-order valence-corrected chi connectivity index (χ0v) is 22.9. The maximum absolute atomic E-state index is 11.5. The topological polar surface area (TPSA) is 73.8 Å². The summed E-state index contributed by atoms with van der Waals surface area (Å²) in [5.74, 6) is 1.04. The van der Waals surface area contributed by atoms with E-state index in [0.29, 0.717) is 25.0 Å². The van der Waals surface area contributed by atoms with Crippen molar-refractivity contribution in [2.24, 2.45) is 10.4 Å². The van der Waals surface area contributed by atoms with Crippen LogP contribution in [0.5, 0.6) is 0 Å².